The molecule has 1 saturated heterocycles. The zero-order valence-electron chi connectivity index (χ0n) is 8.55. The maximum Gasteiger partial charge on any atom is 0.327 e. The van der Waals surface area contributed by atoms with Crippen molar-refractivity contribution in [2.75, 3.05) is 12.8 Å². The van der Waals surface area contributed by atoms with Gasteiger partial charge in [0.2, 0.25) is 0 Å². The minimum Gasteiger partial charge on any atom is -0.382 e. The summed E-state index contributed by atoms with van der Waals surface area (Å²) in [6.45, 7) is 3.76. The highest BCUT2D eigenvalue weighted by atomic mass is 31.2. The van der Waals surface area contributed by atoms with Gasteiger partial charge in [-0.2, -0.15) is 0 Å². The Morgan fingerprint density at radius 2 is 2.36 bits per heavy atom. The average Bonchev–Trinajstić information content (AvgIpc) is 2.44. The molecule has 0 amide bonds. The molecule has 0 aliphatic carbocycles. The highest BCUT2D eigenvalue weighted by Gasteiger charge is 2.30. The second-order valence-electron chi connectivity index (χ2n) is 3.69. The van der Waals surface area contributed by atoms with Crippen LogP contribution in [0.15, 0.2) is 0 Å². The van der Waals surface area contributed by atoms with E-state index < -0.39 is 7.60 Å². The van der Waals surface area contributed by atoms with Crippen molar-refractivity contribution in [3.63, 3.8) is 0 Å². The topological polar surface area (TPSA) is 55.8 Å². The molecule has 2 radical (unpaired) electrons. The van der Waals surface area contributed by atoms with Crippen LogP contribution in [0.2, 0.25) is 0 Å². The van der Waals surface area contributed by atoms with Crippen LogP contribution in [0.25, 0.3) is 0 Å². The Balaban J connectivity index is 2.30. The molecule has 1 aliphatic heterocycles. The van der Waals surface area contributed by atoms with Crippen LogP contribution in [0.1, 0.15) is 20.3 Å². The summed E-state index contributed by atoms with van der Waals surface area (Å²) < 4.78 is 21.4. The molecule has 4 atom stereocenters. The van der Waals surface area contributed by atoms with Crippen molar-refractivity contribution in [2.24, 2.45) is 5.92 Å². The van der Waals surface area contributed by atoms with Crippen molar-refractivity contribution in [1.82, 2.24) is 0 Å². The molecule has 0 bridgehead atoms. The molecular formula is C8H16BO4P. The van der Waals surface area contributed by atoms with E-state index in [0.29, 0.717) is 0 Å². The second kappa shape index (κ2) is 4.80. The van der Waals surface area contributed by atoms with Gasteiger partial charge in [-0.05, 0) is 12.3 Å². The van der Waals surface area contributed by atoms with E-state index in [4.69, 9.17) is 22.0 Å². The summed E-state index contributed by atoms with van der Waals surface area (Å²) in [5.74, 6) is 0.281. The van der Waals surface area contributed by atoms with Crippen LogP contribution >= 0.6 is 7.60 Å². The van der Waals surface area contributed by atoms with E-state index in [2.05, 4.69) is 0 Å². The Hall–Kier alpha value is 0.175. The Bertz CT molecular complexity index is 225. The highest BCUT2D eigenvalue weighted by Crippen LogP contribution is 2.41. The summed E-state index contributed by atoms with van der Waals surface area (Å²) >= 11 is 0. The fourth-order valence-electron chi connectivity index (χ4n) is 1.36. The lowest BCUT2D eigenvalue weighted by molar-refractivity contribution is 0.0447. The molecule has 1 aliphatic rings. The SMILES string of the molecule is [B]C1OC(COP(=O)(O)CC)CC1C. The molecule has 0 aromatic carbocycles. The molecule has 14 heavy (non-hydrogen) atoms. The van der Waals surface area contributed by atoms with E-state index in [0.717, 1.165) is 6.42 Å². The quantitative estimate of drug-likeness (QED) is 0.567. The number of hydrogen-bond donors (Lipinski definition) is 1. The maximum atomic E-state index is 11.1. The molecule has 1 heterocycles. The Morgan fingerprint density at radius 3 is 2.79 bits per heavy atom. The number of hydrogen-bond acceptors (Lipinski definition) is 3. The molecule has 4 unspecified atom stereocenters. The van der Waals surface area contributed by atoms with E-state index in [-0.39, 0.29) is 30.8 Å². The first kappa shape index (κ1) is 12.2. The molecule has 0 spiro atoms. The molecule has 1 rings (SSSR count). The Kier molecular flexibility index (Phi) is 4.20. The smallest absolute Gasteiger partial charge is 0.327 e. The van der Waals surface area contributed by atoms with Crippen molar-refractivity contribution < 1.29 is 18.7 Å². The Morgan fingerprint density at radius 1 is 1.71 bits per heavy atom. The first-order valence-corrected chi connectivity index (χ1v) is 6.58. The van der Waals surface area contributed by atoms with E-state index >= 15 is 0 Å². The molecular weight excluding hydrogens is 202 g/mol. The minimum absolute atomic E-state index is 0.126. The van der Waals surface area contributed by atoms with Gasteiger partial charge in [0.05, 0.1) is 12.7 Å². The minimum atomic E-state index is -3.39. The maximum absolute atomic E-state index is 11.1. The van der Waals surface area contributed by atoms with Gasteiger partial charge in [0.1, 0.15) is 7.85 Å². The van der Waals surface area contributed by atoms with Crippen molar-refractivity contribution in [2.45, 2.75) is 32.4 Å². The van der Waals surface area contributed by atoms with Crippen LogP contribution in [-0.4, -0.2) is 37.6 Å². The zero-order valence-corrected chi connectivity index (χ0v) is 9.44. The lowest BCUT2D eigenvalue weighted by Crippen LogP contribution is -2.17. The van der Waals surface area contributed by atoms with Gasteiger partial charge in [0, 0.05) is 12.2 Å². The molecule has 4 nitrogen and oxygen atoms in total. The predicted octanol–water partition coefficient (Wildman–Crippen LogP) is 1.13. The van der Waals surface area contributed by atoms with Crippen LogP contribution in [0.5, 0.6) is 0 Å². The first-order valence-electron chi connectivity index (χ1n) is 4.82. The number of ether oxygens (including phenoxy) is 1. The third-order valence-corrected chi connectivity index (χ3v) is 3.76. The van der Waals surface area contributed by atoms with Gasteiger partial charge in [-0.15, -0.1) is 0 Å². The summed E-state index contributed by atoms with van der Waals surface area (Å²) in [6.07, 6.45) is 0.763. The molecule has 1 fully saturated rings. The summed E-state index contributed by atoms with van der Waals surface area (Å²) in [5.41, 5.74) is 0. The standard InChI is InChI=1S/C8H16BO4P/c1-3-14(10,11)12-5-7-4-6(2)8(9)13-7/h6-8H,3-5H2,1-2H3,(H,10,11). The summed E-state index contributed by atoms with van der Waals surface area (Å²) in [7, 11) is 2.24. The second-order valence-corrected chi connectivity index (χ2v) is 5.85. The highest BCUT2D eigenvalue weighted by molar-refractivity contribution is 7.52. The molecule has 0 aromatic rings. The lowest BCUT2D eigenvalue weighted by atomic mass is 9.88. The van der Waals surface area contributed by atoms with Crippen LogP contribution in [0, 0.1) is 5.92 Å². The van der Waals surface area contributed by atoms with E-state index in [1.165, 1.54) is 0 Å². The zero-order chi connectivity index (χ0) is 10.8. The van der Waals surface area contributed by atoms with Gasteiger partial charge in [-0.25, -0.2) is 0 Å². The third-order valence-electron chi connectivity index (χ3n) is 2.41. The molecule has 80 valence electrons. The molecule has 6 heteroatoms. The van der Waals surface area contributed by atoms with Gasteiger partial charge in [-0.1, -0.05) is 13.8 Å². The van der Waals surface area contributed by atoms with Crippen LogP contribution < -0.4 is 0 Å². The van der Waals surface area contributed by atoms with Crippen molar-refractivity contribution >= 4 is 15.4 Å². The molecule has 1 N–H and O–H groups in total. The van der Waals surface area contributed by atoms with Gasteiger partial charge in [0.15, 0.2) is 0 Å². The number of rotatable bonds is 4. The van der Waals surface area contributed by atoms with Gasteiger partial charge in [-0.3, -0.25) is 4.57 Å². The fourth-order valence-corrected chi connectivity index (χ4v) is 1.94. The fraction of sp³-hybridized carbons (Fsp3) is 1.00. The van der Waals surface area contributed by atoms with Gasteiger partial charge >= 0.3 is 7.60 Å². The predicted molar refractivity (Wildman–Crippen MR) is 54.5 cm³/mol. The van der Waals surface area contributed by atoms with Gasteiger partial charge in [0.25, 0.3) is 0 Å². The van der Waals surface area contributed by atoms with Crippen LogP contribution in [0.4, 0.5) is 0 Å². The first-order chi connectivity index (χ1) is 6.44. The molecule has 0 aromatic heterocycles. The van der Waals surface area contributed by atoms with Crippen LogP contribution in [0.3, 0.4) is 0 Å². The molecule has 0 saturated carbocycles. The van der Waals surface area contributed by atoms with E-state index in [1.54, 1.807) is 6.92 Å². The van der Waals surface area contributed by atoms with Gasteiger partial charge < -0.3 is 14.2 Å². The summed E-state index contributed by atoms with van der Waals surface area (Å²) in [4.78, 5) is 9.16. The third kappa shape index (κ3) is 3.39. The average molecular weight is 218 g/mol. The van der Waals surface area contributed by atoms with Crippen molar-refractivity contribution in [3.05, 3.63) is 0 Å². The van der Waals surface area contributed by atoms with Crippen LogP contribution in [-0.2, 0) is 13.8 Å². The lowest BCUT2D eigenvalue weighted by Gasteiger charge is -2.14. The van der Waals surface area contributed by atoms with E-state index in [1.807, 2.05) is 6.92 Å². The summed E-state index contributed by atoms with van der Waals surface area (Å²) in [6, 6.07) is -0.275. The Labute approximate surface area is 85.9 Å². The largest absolute Gasteiger partial charge is 0.382 e. The normalized spacial score (nSPS) is 36.9. The van der Waals surface area contributed by atoms with Crippen molar-refractivity contribution in [3.8, 4) is 0 Å². The monoisotopic (exact) mass is 218 g/mol. The van der Waals surface area contributed by atoms with E-state index in [9.17, 15) is 4.57 Å². The van der Waals surface area contributed by atoms with Crippen molar-refractivity contribution in [1.29, 1.82) is 0 Å². The summed E-state index contributed by atoms with van der Waals surface area (Å²) in [5, 5.41) is 0.